The molecule has 0 saturated carbocycles. The Labute approximate surface area is 124 Å². The van der Waals surface area contributed by atoms with Crippen molar-refractivity contribution < 1.29 is 4.92 Å². The lowest BCUT2D eigenvalue weighted by atomic mass is 10.0. The van der Waals surface area contributed by atoms with E-state index in [1.165, 1.54) is 6.07 Å². The van der Waals surface area contributed by atoms with Gasteiger partial charge in [0.2, 0.25) is 0 Å². The molecule has 6 heteroatoms. The summed E-state index contributed by atoms with van der Waals surface area (Å²) in [7, 11) is 4.20. The molecule has 1 aliphatic heterocycles. The highest BCUT2D eigenvalue weighted by Crippen LogP contribution is 2.35. The van der Waals surface area contributed by atoms with E-state index in [1.54, 1.807) is 6.07 Å². The summed E-state index contributed by atoms with van der Waals surface area (Å²) in [4.78, 5) is 14.9. The summed E-state index contributed by atoms with van der Waals surface area (Å²) in [5, 5.41) is 11.3. The van der Waals surface area contributed by atoms with Crippen molar-refractivity contribution in [3.8, 4) is 0 Å². The molecule has 0 spiro atoms. The van der Waals surface area contributed by atoms with Gasteiger partial charge in [0.05, 0.1) is 15.6 Å². The predicted molar refractivity (Wildman–Crippen MR) is 81.8 cm³/mol. The molecular weight excluding hydrogens is 278 g/mol. The van der Waals surface area contributed by atoms with Crippen molar-refractivity contribution in [2.75, 3.05) is 32.1 Å². The first kappa shape index (κ1) is 15.1. The molecule has 5 nitrogen and oxygen atoms in total. The molecule has 0 amide bonds. The Balaban J connectivity index is 2.20. The fourth-order valence-corrected chi connectivity index (χ4v) is 3.21. The van der Waals surface area contributed by atoms with Gasteiger partial charge in [-0.2, -0.15) is 0 Å². The van der Waals surface area contributed by atoms with Crippen LogP contribution in [0.3, 0.4) is 0 Å². The van der Waals surface area contributed by atoms with Gasteiger partial charge in [0.1, 0.15) is 0 Å². The summed E-state index contributed by atoms with van der Waals surface area (Å²) in [6.45, 7) is 3.74. The standard InChI is InChI=1S/C14H20ClN3O2/c1-10-8-12(18(19)20)9-13(15)14(10)17-6-4-11(5-7-17)16(2)3/h8-9,11H,4-7H2,1-3H3. The lowest BCUT2D eigenvalue weighted by molar-refractivity contribution is -0.384. The summed E-state index contributed by atoms with van der Waals surface area (Å²) in [6, 6.07) is 3.64. The lowest BCUT2D eigenvalue weighted by Gasteiger charge is -2.37. The highest BCUT2D eigenvalue weighted by atomic mass is 35.5. The highest BCUT2D eigenvalue weighted by molar-refractivity contribution is 6.33. The van der Waals surface area contributed by atoms with Gasteiger partial charge in [-0.25, -0.2) is 0 Å². The second-order valence-electron chi connectivity index (χ2n) is 5.53. The van der Waals surface area contributed by atoms with Crippen LogP contribution in [0, 0.1) is 17.0 Å². The summed E-state index contributed by atoms with van der Waals surface area (Å²) in [5.41, 5.74) is 1.86. The van der Waals surface area contributed by atoms with Crippen molar-refractivity contribution in [2.45, 2.75) is 25.8 Å². The monoisotopic (exact) mass is 297 g/mol. The minimum atomic E-state index is -0.402. The SMILES string of the molecule is Cc1cc([N+](=O)[O-])cc(Cl)c1N1CCC(N(C)C)CC1. The summed E-state index contributed by atoms with van der Waals surface area (Å²) in [6.07, 6.45) is 2.17. The highest BCUT2D eigenvalue weighted by Gasteiger charge is 2.24. The van der Waals surface area contributed by atoms with E-state index in [4.69, 9.17) is 11.6 Å². The fraction of sp³-hybridized carbons (Fsp3) is 0.571. The summed E-state index contributed by atoms with van der Waals surface area (Å²) in [5.74, 6) is 0. The lowest BCUT2D eigenvalue weighted by Crippen LogP contribution is -2.42. The van der Waals surface area contributed by atoms with Crippen LogP contribution in [0.2, 0.25) is 5.02 Å². The molecule has 0 bridgehead atoms. The van der Waals surface area contributed by atoms with Crippen molar-refractivity contribution in [2.24, 2.45) is 0 Å². The number of hydrogen-bond acceptors (Lipinski definition) is 4. The molecule has 0 unspecified atom stereocenters. The van der Waals surface area contributed by atoms with Gasteiger partial charge < -0.3 is 9.80 Å². The summed E-state index contributed by atoms with van der Waals surface area (Å²) < 4.78 is 0. The Kier molecular flexibility index (Phi) is 4.50. The molecule has 0 aliphatic carbocycles. The third-order valence-electron chi connectivity index (χ3n) is 3.96. The third-order valence-corrected chi connectivity index (χ3v) is 4.25. The number of rotatable bonds is 3. The molecule has 1 aliphatic rings. The Morgan fingerprint density at radius 3 is 2.40 bits per heavy atom. The predicted octanol–water partition coefficient (Wildman–Crippen LogP) is 3.09. The second-order valence-corrected chi connectivity index (χ2v) is 5.94. The number of nitro groups is 1. The Morgan fingerprint density at radius 2 is 1.95 bits per heavy atom. The molecule has 0 radical (unpaired) electrons. The van der Waals surface area contributed by atoms with Gasteiger partial charge in [-0.15, -0.1) is 0 Å². The van der Waals surface area contributed by atoms with Crippen LogP contribution in [0.15, 0.2) is 12.1 Å². The number of piperidine rings is 1. The average molecular weight is 298 g/mol. The molecule has 1 aromatic rings. The van der Waals surface area contributed by atoms with E-state index in [-0.39, 0.29) is 5.69 Å². The van der Waals surface area contributed by atoms with Gasteiger partial charge in [0, 0.05) is 31.3 Å². The van der Waals surface area contributed by atoms with Crippen molar-refractivity contribution >= 4 is 23.0 Å². The topological polar surface area (TPSA) is 49.6 Å². The zero-order chi connectivity index (χ0) is 14.9. The minimum absolute atomic E-state index is 0.0550. The number of aryl methyl sites for hydroxylation is 1. The Morgan fingerprint density at radius 1 is 1.35 bits per heavy atom. The van der Waals surface area contributed by atoms with Crippen LogP contribution in [-0.2, 0) is 0 Å². The first-order chi connectivity index (χ1) is 9.40. The molecule has 0 atom stereocenters. The van der Waals surface area contributed by atoms with Crippen LogP contribution in [0.5, 0.6) is 0 Å². The zero-order valence-corrected chi connectivity index (χ0v) is 12.9. The smallest absolute Gasteiger partial charge is 0.271 e. The maximum Gasteiger partial charge on any atom is 0.271 e. The number of nitro benzene ring substituents is 1. The molecule has 20 heavy (non-hydrogen) atoms. The van der Waals surface area contributed by atoms with Gasteiger partial charge >= 0.3 is 0 Å². The van der Waals surface area contributed by atoms with Gasteiger partial charge in [0.25, 0.3) is 5.69 Å². The molecule has 2 rings (SSSR count). The molecule has 1 saturated heterocycles. The molecule has 1 fully saturated rings. The Hall–Kier alpha value is -1.33. The van der Waals surface area contributed by atoms with Crippen LogP contribution >= 0.6 is 11.6 Å². The van der Waals surface area contributed by atoms with E-state index in [9.17, 15) is 10.1 Å². The van der Waals surface area contributed by atoms with Crippen LogP contribution in [0.25, 0.3) is 0 Å². The zero-order valence-electron chi connectivity index (χ0n) is 12.1. The van der Waals surface area contributed by atoms with Crippen molar-refractivity contribution in [3.05, 3.63) is 32.8 Å². The first-order valence-corrected chi connectivity index (χ1v) is 7.14. The third kappa shape index (κ3) is 3.04. The van der Waals surface area contributed by atoms with E-state index >= 15 is 0 Å². The maximum absolute atomic E-state index is 10.8. The Bertz CT molecular complexity index is 488. The maximum atomic E-state index is 10.8. The van der Waals surface area contributed by atoms with Crippen molar-refractivity contribution in [3.63, 3.8) is 0 Å². The van der Waals surface area contributed by atoms with E-state index in [0.717, 1.165) is 37.2 Å². The van der Waals surface area contributed by atoms with Gasteiger partial charge in [0.15, 0.2) is 0 Å². The molecular formula is C14H20ClN3O2. The number of halogens is 1. The molecule has 1 aromatic carbocycles. The first-order valence-electron chi connectivity index (χ1n) is 6.76. The number of hydrogen-bond donors (Lipinski definition) is 0. The number of nitrogens with zero attached hydrogens (tertiary/aromatic N) is 3. The van der Waals surface area contributed by atoms with E-state index < -0.39 is 4.92 Å². The van der Waals surface area contributed by atoms with Crippen molar-refractivity contribution in [1.82, 2.24) is 4.90 Å². The molecule has 0 aromatic heterocycles. The van der Waals surface area contributed by atoms with Crippen LogP contribution < -0.4 is 4.90 Å². The van der Waals surface area contributed by atoms with Crippen LogP contribution in [-0.4, -0.2) is 43.0 Å². The summed E-state index contributed by atoms with van der Waals surface area (Å²) >= 11 is 6.25. The largest absolute Gasteiger partial charge is 0.370 e. The average Bonchev–Trinajstić information content (AvgIpc) is 2.38. The number of benzene rings is 1. The second kappa shape index (κ2) is 5.97. The van der Waals surface area contributed by atoms with Gasteiger partial charge in [-0.05, 0) is 39.4 Å². The van der Waals surface area contributed by atoms with E-state index in [2.05, 4.69) is 23.9 Å². The minimum Gasteiger partial charge on any atom is -0.370 e. The van der Waals surface area contributed by atoms with Crippen LogP contribution in [0.4, 0.5) is 11.4 Å². The molecule has 0 N–H and O–H groups in total. The number of non-ortho nitro benzene ring substituents is 1. The van der Waals surface area contributed by atoms with Crippen molar-refractivity contribution in [1.29, 1.82) is 0 Å². The quantitative estimate of drug-likeness (QED) is 0.635. The fourth-order valence-electron chi connectivity index (χ4n) is 2.83. The molecule has 1 heterocycles. The van der Waals surface area contributed by atoms with Gasteiger partial charge in [-0.1, -0.05) is 11.6 Å². The van der Waals surface area contributed by atoms with Crippen LogP contribution in [0.1, 0.15) is 18.4 Å². The number of anilines is 1. The molecule has 110 valence electrons. The van der Waals surface area contributed by atoms with Gasteiger partial charge in [-0.3, -0.25) is 10.1 Å². The normalized spacial score (nSPS) is 16.8. The van der Waals surface area contributed by atoms with E-state index in [1.807, 2.05) is 6.92 Å². The van der Waals surface area contributed by atoms with E-state index in [0.29, 0.717) is 11.1 Å².